The SMILES string of the molecule is Cl.O=c1c2cnc3c(c2[nH]n1-c1ccccc1)CCCCC3. The maximum atomic E-state index is 12.6. The van der Waals surface area contributed by atoms with Crippen LogP contribution in [0.15, 0.2) is 41.3 Å². The molecule has 4 rings (SSSR count). The lowest BCUT2D eigenvalue weighted by Gasteiger charge is -2.05. The highest BCUT2D eigenvalue weighted by molar-refractivity contribution is 5.85. The summed E-state index contributed by atoms with van der Waals surface area (Å²) in [4.78, 5) is 17.1. The number of aromatic nitrogens is 3. The van der Waals surface area contributed by atoms with Crippen molar-refractivity contribution in [1.29, 1.82) is 0 Å². The van der Waals surface area contributed by atoms with E-state index < -0.39 is 0 Å². The Labute approximate surface area is 134 Å². The van der Waals surface area contributed by atoms with Gasteiger partial charge in [0.1, 0.15) is 0 Å². The average Bonchev–Trinajstić information content (AvgIpc) is 2.72. The van der Waals surface area contributed by atoms with Crippen molar-refractivity contribution in [2.45, 2.75) is 32.1 Å². The van der Waals surface area contributed by atoms with Gasteiger partial charge in [-0.25, -0.2) is 4.68 Å². The van der Waals surface area contributed by atoms with E-state index in [1.165, 1.54) is 24.8 Å². The zero-order valence-electron chi connectivity index (χ0n) is 12.2. The Morgan fingerprint density at radius 2 is 1.82 bits per heavy atom. The van der Waals surface area contributed by atoms with Crippen LogP contribution in [0.25, 0.3) is 16.6 Å². The lowest BCUT2D eigenvalue weighted by molar-refractivity contribution is 0.708. The molecule has 0 aliphatic heterocycles. The highest BCUT2D eigenvalue weighted by atomic mass is 35.5. The predicted molar refractivity (Wildman–Crippen MR) is 90.2 cm³/mol. The molecule has 1 aliphatic carbocycles. The number of aryl methyl sites for hydroxylation is 2. The molecule has 0 saturated carbocycles. The van der Waals surface area contributed by atoms with E-state index in [1.54, 1.807) is 10.9 Å². The van der Waals surface area contributed by atoms with E-state index in [2.05, 4.69) is 10.1 Å². The Morgan fingerprint density at radius 3 is 2.64 bits per heavy atom. The molecule has 0 fully saturated rings. The van der Waals surface area contributed by atoms with Crippen molar-refractivity contribution in [2.75, 3.05) is 0 Å². The first kappa shape index (κ1) is 14.9. The molecule has 2 heterocycles. The number of hydrogen-bond acceptors (Lipinski definition) is 2. The first-order chi connectivity index (χ1) is 10.3. The van der Waals surface area contributed by atoms with Crippen LogP contribution in [0, 0.1) is 0 Å². The van der Waals surface area contributed by atoms with Crippen LogP contribution in [-0.2, 0) is 12.8 Å². The molecule has 0 radical (unpaired) electrons. The zero-order chi connectivity index (χ0) is 14.2. The van der Waals surface area contributed by atoms with Crippen LogP contribution >= 0.6 is 12.4 Å². The largest absolute Gasteiger partial charge is 0.290 e. The predicted octanol–water partition coefficient (Wildman–Crippen LogP) is 3.40. The molecule has 5 heteroatoms. The fraction of sp³-hybridized carbons (Fsp3) is 0.294. The molecule has 1 aromatic carbocycles. The van der Waals surface area contributed by atoms with Gasteiger partial charge in [0.2, 0.25) is 0 Å². The van der Waals surface area contributed by atoms with Crippen LogP contribution in [0.3, 0.4) is 0 Å². The topological polar surface area (TPSA) is 50.7 Å². The molecule has 0 spiro atoms. The van der Waals surface area contributed by atoms with Crippen LogP contribution in [-0.4, -0.2) is 14.8 Å². The molecule has 1 aliphatic rings. The number of H-pyrrole nitrogens is 1. The summed E-state index contributed by atoms with van der Waals surface area (Å²) in [6.45, 7) is 0. The van der Waals surface area contributed by atoms with E-state index in [4.69, 9.17) is 0 Å². The Bertz CT molecular complexity index is 851. The van der Waals surface area contributed by atoms with E-state index in [0.29, 0.717) is 5.39 Å². The minimum Gasteiger partial charge on any atom is -0.290 e. The molecule has 0 unspecified atom stereocenters. The Kier molecular flexibility index (Phi) is 4.03. The number of benzene rings is 1. The van der Waals surface area contributed by atoms with Crippen LogP contribution in [0.1, 0.15) is 30.5 Å². The van der Waals surface area contributed by atoms with Crippen LogP contribution in [0.4, 0.5) is 0 Å². The number of para-hydroxylation sites is 1. The summed E-state index contributed by atoms with van der Waals surface area (Å²) >= 11 is 0. The standard InChI is InChI=1S/C17H17N3O.ClH/c21-17-14-11-18-15-10-6-2-5-9-13(15)16(14)19-20(17)12-7-3-1-4-8-12;/h1,3-4,7-8,11,19H,2,5-6,9-10H2;1H. The van der Waals surface area contributed by atoms with Gasteiger partial charge in [0.05, 0.1) is 16.6 Å². The second kappa shape index (κ2) is 5.97. The van der Waals surface area contributed by atoms with Gasteiger partial charge in [0.25, 0.3) is 5.56 Å². The van der Waals surface area contributed by atoms with E-state index >= 15 is 0 Å². The third kappa shape index (κ3) is 2.33. The van der Waals surface area contributed by atoms with Crippen molar-refractivity contribution in [3.05, 3.63) is 58.1 Å². The van der Waals surface area contributed by atoms with Crippen molar-refractivity contribution in [1.82, 2.24) is 14.8 Å². The molecule has 22 heavy (non-hydrogen) atoms. The summed E-state index contributed by atoms with van der Waals surface area (Å²) in [7, 11) is 0. The number of pyridine rings is 1. The lowest BCUT2D eigenvalue weighted by Crippen LogP contribution is -2.13. The molecule has 114 valence electrons. The van der Waals surface area contributed by atoms with E-state index in [-0.39, 0.29) is 18.0 Å². The van der Waals surface area contributed by atoms with Crippen molar-refractivity contribution in [2.24, 2.45) is 0 Å². The smallest absolute Gasteiger partial charge is 0.280 e. The number of rotatable bonds is 1. The summed E-state index contributed by atoms with van der Waals surface area (Å²) in [6, 6.07) is 9.69. The molecule has 3 aromatic rings. The van der Waals surface area contributed by atoms with Crippen molar-refractivity contribution >= 4 is 23.3 Å². The lowest BCUT2D eigenvalue weighted by atomic mass is 10.1. The van der Waals surface area contributed by atoms with Crippen LogP contribution in [0.2, 0.25) is 0 Å². The Balaban J connectivity index is 0.00000144. The van der Waals surface area contributed by atoms with Gasteiger partial charge in [-0.05, 0) is 43.4 Å². The summed E-state index contributed by atoms with van der Waals surface area (Å²) in [5.41, 5.74) is 4.20. The minimum absolute atomic E-state index is 0. The molecule has 1 N–H and O–H groups in total. The number of aromatic amines is 1. The summed E-state index contributed by atoms with van der Waals surface area (Å²) in [6.07, 6.45) is 7.36. The molecular weight excluding hydrogens is 298 g/mol. The zero-order valence-corrected chi connectivity index (χ0v) is 13.0. The summed E-state index contributed by atoms with van der Waals surface area (Å²) in [5, 5.41) is 3.99. The van der Waals surface area contributed by atoms with Crippen molar-refractivity contribution in [3.8, 4) is 5.69 Å². The second-order valence-electron chi connectivity index (χ2n) is 5.62. The van der Waals surface area contributed by atoms with E-state index in [0.717, 1.165) is 29.7 Å². The number of hydrogen-bond donors (Lipinski definition) is 1. The first-order valence-corrected chi connectivity index (χ1v) is 7.51. The van der Waals surface area contributed by atoms with E-state index in [9.17, 15) is 4.79 Å². The van der Waals surface area contributed by atoms with Crippen LogP contribution in [0.5, 0.6) is 0 Å². The summed E-state index contributed by atoms with van der Waals surface area (Å²) < 4.78 is 1.62. The second-order valence-corrected chi connectivity index (χ2v) is 5.62. The fourth-order valence-corrected chi connectivity index (χ4v) is 3.18. The van der Waals surface area contributed by atoms with Gasteiger partial charge in [-0.1, -0.05) is 24.6 Å². The molecule has 0 amide bonds. The number of nitrogens with one attached hydrogen (secondary N) is 1. The highest BCUT2D eigenvalue weighted by Crippen LogP contribution is 2.24. The molecule has 4 nitrogen and oxygen atoms in total. The minimum atomic E-state index is -0.0178. The average molecular weight is 316 g/mol. The quantitative estimate of drug-likeness (QED) is 0.700. The third-order valence-electron chi connectivity index (χ3n) is 4.28. The molecule has 0 bridgehead atoms. The molecule has 0 saturated heterocycles. The van der Waals surface area contributed by atoms with Gasteiger partial charge < -0.3 is 0 Å². The number of nitrogens with zero attached hydrogens (tertiary/aromatic N) is 2. The summed E-state index contributed by atoms with van der Waals surface area (Å²) in [5.74, 6) is 0. The number of halogens is 1. The van der Waals surface area contributed by atoms with Crippen molar-refractivity contribution in [3.63, 3.8) is 0 Å². The Hall–Kier alpha value is -2.07. The number of fused-ring (bicyclic) bond motifs is 3. The first-order valence-electron chi connectivity index (χ1n) is 7.51. The molecule has 0 atom stereocenters. The van der Waals surface area contributed by atoms with E-state index in [1.807, 2.05) is 30.3 Å². The van der Waals surface area contributed by atoms with Gasteiger partial charge in [-0.15, -0.1) is 12.4 Å². The van der Waals surface area contributed by atoms with Gasteiger partial charge in [0, 0.05) is 11.9 Å². The molecule has 2 aromatic heterocycles. The van der Waals surface area contributed by atoms with Gasteiger partial charge in [-0.2, -0.15) is 0 Å². The highest BCUT2D eigenvalue weighted by Gasteiger charge is 2.17. The maximum Gasteiger partial charge on any atom is 0.280 e. The molecular formula is C17H18ClN3O. The normalized spacial score (nSPS) is 14.2. The van der Waals surface area contributed by atoms with Gasteiger partial charge >= 0.3 is 0 Å². The maximum absolute atomic E-state index is 12.6. The van der Waals surface area contributed by atoms with Crippen molar-refractivity contribution < 1.29 is 0 Å². The van der Waals surface area contributed by atoms with Gasteiger partial charge in [-0.3, -0.25) is 14.9 Å². The Morgan fingerprint density at radius 1 is 1.05 bits per heavy atom. The monoisotopic (exact) mass is 315 g/mol. The fourth-order valence-electron chi connectivity index (χ4n) is 3.18. The third-order valence-corrected chi connectivity index (χ3v) is 4.28. The van der Waals surface area contributed by atoms with Crippen LogP contribution < -0.4 is 5.56 Å². The van der Waals surface area contributed by atoms with Gasteiger partial charge in [0.15, 0.2) is 0 Å².